The zero-order valence-corrected chi connectivity index (χ0v) is 8.19. The van der Waals surface area contributed by atoms with Gasteiger partial charge in [-0.3, -0.25) is 14.9 Å². The minimum atomic E-state index is -0.403. The quantitative estimate of drug-likeness (QED) is 0.614. The van der Waals surface area contributed by atoms with Crippen LogP contribution in [0.2, 0.25) is 0 Å². The predicted octanol–water partition coefficient (Wildman–Crippen LogP) is 1.81. The second kappa shape index (κ2) is 4.00. The second-order valence-electron chi connectivity index (χ2n) is 3.01. The first-order chi connectivity index (χ1) is 7.29. The van der Waals surface area contributed by atoms with E-state index in [1.165, 1.54) is 0 Å². The van der Waals surface area contributed by atoms with E-state index in [2.05, 4.69) is 15.1 Å². The molecule has 0 aliphatic heterocycles. The highest BCUT2D eigenvalue weighted by molar-refractivity contribution is 5.79. The highest BCUT2D eigenvalue weighted by Gasteiger charge is 2.03. The van der Waals surface area contributed by atoms with Crippen LogP contribution in [0.15, 0.2) is 24.4 Å². The lowest BCUT2D eigenvalue weighted by Crippen LogP contribution is -2.05. The number of H-pyrrole nitrogens is 1. The molecule has 2 aromatic rings. The molecule has 1 heterocycles. The van der Waals surface area contributed by atoms with Crippen LogP contribution in [0.25, 0.3) is 10.9 Å². The van der Waals surface area contributed by atoms with Gasteiger partial charge in [0.25, 0.3) is 0 Å². The van der Waals surface area contributed by atoms with Gasteiger partial charge in [0, 0.05) is 17.9 Å². The smallest absolute Gasteiger partial charge is 0.287 e. The fourth-order valence-electron chi connectivity index (χ4n) is 1.12. The van der Waals surface area contributed by atoms with E-state index in [4.69, 9.17) is 4.89 Å². The van der Waals surface area contributed by atoms with Gasteiger partial charge in [-0.15, -0.1) is 0 Å². The molecule has 0 atom stereocenters. The topological polar surface area (TPSA) is 64.2 Å². The van der Waals surface area contributed by atoms with Crippen LogP contribution in [0.1, 0.15) is 13.3 Å². The number of hydrogen-bond acceptors (Lipinski definition) is 4. The maximum Gasteiger partial charge on any atom is 0.355 e. The Balaban J connectivity index is 2.11. The molecule has 0 aliphatic carbocycles. The van der Waals surface area contributed by atoms with Crippen LogP contribution in [0.3, 0.4) is 0 Å². The van der Waals surface area contributed by atoms with Crippen molar-refractivity contribution in [2.24, 2.45) is 0 Å². The number of fused-ring (bicyclic) bond motifs is 1. The molecule has 0 aliphatic rings. The van der Waals surface area contributed by atoms with E-state index in [1.807, 2.05) is 6.07 Å². The van der Waals surface area contributed by atoms with Gasteiger partial charge in [-0.25, -0.2) is 4.79 Å². The summed E-state index contributed by atoms with van der Waals surface area (Å²) in [7, 11) is 0. The molecular formula is C10H10N2O3. The van der Waals surface area contributed by atoms with Gasteiger partial charge < -0.3 is 0 Å². The Morgan fingerprint density at radius 3 is 3.20 bits per heavy atom. The molecule has 0 bridgehead atoms. The molecule has 0 radical (unpaired) electrons. The highest BCUT2D eigenvalue weighted by atomic mass is 17.2. The van der Waals surface area contributed by atoms with E-state index < -0.39 is 5.97 Å². The molecule has 1 N–H and O–H groups in total. The van der Waals surface area contributed by atoms with Gasteiger partial charge in [-0.05, 0) is 12.1 Å². The minimum Gasteiger partial charge on any atom is -0.287 e. The number of carbonyl (C=O) groups is 1. The van der Waals surface area contributed by atoms with E-state index in [0.29, 0.717) is 5.75 Å². The summed E-state index contributed by atoms with van der Waals surface area (Å²) in [5.74, 6) is 0.0632. The molecule has 5 heteroatoms. The first-order valence-electron chi connectivity index (χ1n) is 4.60. The number of nitrogens with zero attached hydrogens (tertiary/aromatic N) is 1. The summed E-state index contributed by atoms with van der Waals surface area (Å²) < 4.78 is 0. The summed E-state index contributed by atoms with van der Waals surface area (Å²) in [6.07, 6.45) is 1.99. The van der Waals surface area contributed by atoms with Gasteiger partial charge in [0.05, 0.1) is 11.7 Å². The minimum absolute atomic E-state index is 0.284. The molecule has 0 amide bonds. The fourth-order valence-corrected chi connectivity index (χ4v) is 1.12. The third-order valence-corrected chi connectivity index (χ3v) is 1.93. The summed E-state index contributed by atoms with van der Waals surface area (Å²) in [5, 5.41) is 7.63. The number of hydrogen-bond donors (Lipinski definition) is 1. The Bertz CT molecular complexity index is 478. The number of carbonyl (C=O) groups excluding carboxylic acids is 1. The van der Waals surface area contributed by atoms with Crippen molar-refractivity contribution in [2.45, 2.75) is 13.3 Å². The van der Waals surface area contributed by atoms with Gasteiger partial charge in [0.1, 0.15) is 0 Å². The number of aromatic nitrogens is 2. The first-order valence-corrected chi connectivity index (χ1v) is 4.60. The molecule has 0 spiro atoms. The van der Waals surface area contributed by atoms with Crippen molar-refractivity contribution < 1.29 is 14.6 Å². The van der Waals surface area contributed by atoms with Crippen LogP contribution in [-0.4, -0.2) is 16.2 Å². The molecule has 0 saturated heterocycles. The largest absolute Gasteiger partial charge is 0.355 e. The monoisotopic (exact) mass is 206 g/mol. The number of rotatable bonds is 3. The van der Waals surface area contributed by atoms with Gasteiger partial charge in [0.15, 0.2) is 5.75 Å². The zero-order valence-electron chi connectivity index (χ0n) is 8.19. The Kier molecular flexibility index (Phi) is 2.53. The average Bonchev–Trinajstić information content (AvgIpc) is 2.72. The summed E-state index contributed by atoms with van der Waals surface area (Å²) >= 11 is 0. The molecule has 2 rings (SSSR count). The highest BCUT2D eigenvalue weighted by Crippen LogP contribution is 2.18. The fraction of sp³-hybridized carbons (Fsp3) is 0.200. The van der Waals surface area contributed by atoms with Crippen molar-refractivity contribution in [3.63, 3.8) is 0 Å². The van der Waals surface area contributed by atoms with E-state index in [1.54, 1.807) is 25.3 Å². The normalized spacial score (nSPS) is 10.2. The molecular weight excluding hydrogens is 196 g/mol. The number of aromatic amines is 1. The molecule has 15 heavy (non-hydrogen) atoms. The summed E-state index contributed by atoms with van der Waals surface area (Å²) in [5.41, 5.74) is 0.833. The molecule has 1 aromatic heterocycles. The summed E-state index contributed by atoms with van der Waals surface area (Å²) in [6.45, 7) is 1.70. The van der Waals surface area contributed by atoms with Crippen LogP contribution in [0.5, 0.6) is 5.75 Å². The van der Waals surface area contributed by atoms with Crippen molar-refractivity contribution in [3.05, 3.63) is 24.4 Å². The molecule has 0 fully saturated rings. The van der Waals surface area contributed by atoms with E-state index >= 15 is 0 Å². The molecule has 5 nitrogen and oxygen atoms in total. The Morgan fingerprint density at radius 2 is 2.40 bits per heavy atom. The van der Waals surface area contributed by atoms with Gasteiger partial charge in [0.2, 0.25) is 0 Å². The first kappa shape index (κ1) is 9.51. The third kappa shape index (κ3) is 2.07. The lowest BCUT2D eigenvalue weighted by molar-refractivity contribution is -0.213. The van der Waals surface area contributed by atoms with Crippen LogP contribution in [0.4, 0.5) is 0 Å². The molecule has 1 aromatic carbocycles. The van der Waals surface area contributed by atoms with E-state index in [-0.39, 0.29) is 6.42 Å². The second-order valence-corrected chi connectivity index (χ2v) is 3.01. The lowest BCUT2D eigenvalue weighted by Gasteiger charge is -2.02. The van der Waals surface area contributed by atoms with E-state index in [9.17, 15) is 4.79 Å². The van der Waals surface area contributed by atoms with Crippen LogP contribution in [0, 0.1) is 0 Å². The van der Waals surface area contributed by atoms with Gasteiger partial charge in [-0.2, -0.15) is 5.10 Å². The average molecular weight is 206 g/mol. The van der Waals surface area contributed by atoms with Crippen molar-refractivity contribution in [3.8, 4) is 5.75 Å². The molecule has 78 valence electrons. The maximum absolute atomic E-state index is 10.8. The van der Waals surface area contributed by atoms with E-state index in [0.717, 1.165) is 10.9 Å². The van der Waals surface area contributed by atoms with Crippen LogP contribution >= 0.6 is 0 Å². The zero-order chi connectivity index (χ0) is 10.7. The van der Waals surface area contributed by atoms with Crippen molar-refractivity contribution in [2.75, 3.05) is 0 Å². The Hall–Kier alpha value is -2.04. The molecule has 0 saturated carbocycles. The van der Waals surface area contributed by atoms with Crippen LogP contribution < -0.4 is 4.89 Å². The van der Waals surface area contributed by atoms with Crippen LogP contribution in [-0.2, 0) is 9.68 Å². The molecule has 0 unspecified atom stereocenters. The number of nitrogens with one attached hydrogen (secondary N) is 1. The lowest BCUT2D eigenvalue weighted by atomic mass is 10.2. The SMILES string of the molecule is CCC(=O)OOc1ccc2cn[nH]c2c1. The number of benzene rings is 1. The predicted molar refractivity (Wildman–Crippen MR) is 53.1 cm³/mol. The third-order valence-electron chi connectivity index (χ3n) is 1.93. The van der Waals surface area contributed by atoms with Gasteiger partial charge >= 0.3 is 5.97 Å². The Labute approximate surface area is 85.9 Å². The maximum atomic E-state index is 10.8. The standard InChI is InChI=1S/C10H10N2O3/c1-2-10(13)15-14-8-4-3-7-6-11-12-9(7)5-8/h3-6H,2H2,1H3,(H,11,12). The van der Waals surface area contributed by atoms with Gasteiger partial charge in [-0.1, -0.05) is 6.92 Å². The van der Waals surface area contributed by atoms with Crippen molar-refractivity contribution in [1.82, 2.24) is 10.2 Å². The van der Waals surface area contributed by atoms with Crippen molar-refractivity contribution in [1.29, 1.82) is 0 Å². The summed E-state index contributed by atoms with van der Waals surface area (Å²) in [4.78, 5) is 20.2. The van der Waals surface area contributed by atoms with Crippen molar-refractivity contribution >= 4 is 16.9 Å². The summed E-state index contributed by atoms with van der Waals surface area (Å²) in [6, 6.07) is 5.25. The Morgan fingerprint density at radius 1 is 1.53 bits per heavy atom.